The SMILES string of the molecule is CNC(C)C(=O)NC(C(=O)NC(CCOCc1ccccc1)C(=O)NC1CCCc2ccccc21)C(C)C. The number of amides is 3. The molecule has 2 aromatic rings. The van der Waals surface area contributed by atoms with Crippen LogP contribution in [0.5, 0.6) is 0 Å². The van der Waals surface area contributed by atoms with Crippen LogP contribution in [-0.4, -0.2) is 49.5 Å². The molecule has 8 heteroatoms. The largest absolute Gasteiger partial charge is 0.377 e. The van der Waals surface area contributed by atoms with Gasteiger partial charge in [-0.05, 0) is 62.3 Å². The summed E-state index contributed by atoms with van der Waals surface area (Å²) in [6.45, 7) is 6.18. The number of nitrogens with one attached hydrogen (secondary N) is 4. The van der Waals surface area contributed by atoms with Crippen LogP contribution in [0.25, 0.3) is 0 Å². The van der Waals surface area contributed by atoms with Crippen LogP contribution >= 0.6 is 0 Å². The number of carbonyl (C=O) groups is 3. The zero-order valence-electron chi connectivity index (χ0n) is 23.0. The smallest absolute Gasteiger partial charge is 0.243 e. The highest BCUT2D eigenvalue weighted by atomic mass is 16.5. The Morgan fingerprint density at radius 2 is 1.63 bits per heavy atom. The molecule has 2 aromatic carbocycles. The number of hydrogen-bond donors (Lipinski definition) is 4. The molecular weight excluding hydrogens is 480 g/mol. The van der Waals surface area contributed by atoms with Gasteiger partial charge in [0.2, 0.25) is 17.7 Å². The molecule has 3 rings (SSSR count). The lowest BCUT2D eigenvalue weighted by Gasteiger charge is -2.30. The highest BCUT2D eigenvalue weighted by molar-refractivity contribution is 5.93. The monoisotopic (exact) mass is 522 g/mol. The fraction of sp³-hybridized carbons (Fsp3) is 0.500. The Kier molecular flexibility index (Phi) is 11.3. The third-order valence-electron chi connectivity index (χ3n) is 7.05. The van der Waals surface area contributed by atoms with E-state index in [1.807, 2.05) is 56.3 Å². The topological polar surface area (TPSA) is 109 Å². The van der Waals surface area contributed by atoms with Gasteiger partial charge in [-0.1, -0.05) is 68.4 Å². The standard InChI is InChI=1S/C30H42N4O4/c1-20(2)27(34-28(35)21(3)31-4)30(37)33-26(17-18-38-19-22-11-6-5-7-12-22)29(36)32-25-16-10-14-23-13-8-9-15-24(23)25/h5-9,11-13,15,20-21,25-27,31H,10,14,16-19H2,1-4H3,(H,32,36)(H,33,37)(H,34,35). The van der Waals surface area contributed by atoms with Crippen LogP contribution in [0.3, 0.4) is 0 Å². The van der Waals surface area contributed by atoms with Crippen LogP contribution in [-0.2, 0) is 32.1 Å². The van der Waals surface area contributed by atoms with Gasteiger partial charge < -0.3 is 26.0 Å². The molecule has 0 spiro atoms. The van der Waals surface area contributed by atoms with E-state index in [9.17, 15) is 14.4 Å². The van der Waals surface area contributed by atoms with Gasteiger partial charge >= 0.3 is 0 Å². The molecule has 4 unspecified atom stereocenters. The van der Waals surface area contributed by atoms with Crippen LogP contribution < -0.4 is 21.3 Å². The maximum atomic E-state index is 13.5. The van der Waals surface area contributed by atoms with Gasteiger partial charge in [0.1, 0.15) is 12.1 Å². The van der Waals surface area contributed by atoms with Crippen molar-refractivity contribution in [2.75, 3.05) is 13.7 Å². The van der Waals surface area contributed by atoms with Crippen molar-refractivity contribution in [3.63, 3.8) is 0 Å². The van der Waals surface area contributed by atoms with Crippen LogP contribution in [0, 0.1) is 5.92 Å². The molecule has 38 heavy (non-hydrogen) atoms. The van der Waals surface area contributed by atoms with E-state index in [4.69, 9.17) is 4.74 Å². The first-order valence-electron chi connectivity index (χ1n) is 13.6. The minimum absolute atomic E-state index is 0.103. The Labute approximate surface area is 226 Å². The maximum absolute atomic E-state index is 13.5. The van der Waals surface area contributed by atoms with Crippen LogP contribution in [0.15, 0.2) is 54.6 Å². The normalized spacial score (nSPS) is 17.1. The average molecular weight is 523 g/mol. The van der Waals surface area contributed by atoms with Crippen molar-refractivity contribution in [1.29, 1.82) is 0 Å². The van der Waals surface area contributed by atoms with Crippen molar-refractivity contribution in [3.05, 3.63) is 71.3 Å². The number of benzene rings is 2. The molecule has 4 atom stereocenters. The molecule has 0 saturated heterocycles. The summed E-state index contributed by atoms with van der Waals surface area (Å²) in [5.74, 6) is -1.07. The summed E-state index contributed by atoms with van der Waals surface area (Å²) < 4.78 is 5.84. The van der Waals surface area contributed by atoms with Gasteiger partial charge in [-0.15, -0.1) is 0 Å². The van der Waals surface area contributed by atoms with E-state index >= 15 is 0 Å². The zero-order chi connectivity index (χ0) is 27.5. The minimum atomic E-state index is -0.799. The van der Waals surface area contributed by atoms with Crippen molar-refractivity contribution in [2.24, 2.45) is 5.92 Å². The summed E-state index contributed by atoms with van der Waals surface area (Å²) >= 11 is 0. The fourth-order valence-electron chi connectivity index (χ4n) is 4.62. The molecule has 0 radical (unpaired) electrons. The lowest BCUT2D eigenvalue weighted by Crippen LogP contribution is -2.57. The number of carbonyl (C=O) groups excluding carboxylic acids is 3. The van der Waals surface area contributed by atoms with E-state index in [-0.39, 0.29) is 29.7 Å². The molecule has 0 fully saturated rings. The van der Waals surface area contributed by atoms with Crippen molar-refractivity contribution in [1.82, 2.24) is 21.3 Å². The first kappa shape index (κ1) is 29.3. The first-order valence-corrected chi connectivity index (χ1v) is 13.6. The molecule has 1 aliphatic carbocycles. The van der Waals surface area contributed by atoms with E-state index in [0.717, 1.165) is 30.4 Å². The van der Waals surface area contributed by atoms with E-state index in [0.29, 0.717) is 19.6 Å². The predicted molar refractivity (Wildman–Crippen MR) is 148 cm³/mol. The number of aryl methyl sites for hydroxylation is 1. The molecule has 0 heterocycles. The zero-order valence-corrected chi connectivity index (χ0v) is 23.0. The van der Waals surface area contributed by atoms with Crippen LogP contribution in [0.1, 0.15) is 62.8 Å². The molecule has 206 valence electrons. The van der Waals surface area contributed by atoms with Crippen LogP contribution in [0.4, 0.5) is 0 Å². The van der Waals surface area contributed by atoms with E-state index < -0.39 is 18.1 Å². The lowest BCUT2D eigenvalue weighted by molar-refractivity contribution is -0.134. The lowest BCUT2D eigenvalue weighted by atomic mass is 9.87. The summed E-state index contributed by atoms with van der Waals surface area (Å²) in [5.41, 5.74) is 3.42. The van der Waals surface area contributed by atoms with Gasteiger partial charge in [-0.3, -0.25) is 14.4 Å². The first-order chi connectivity index (χ1) is 18.3. The highest BCUT2D eigenvalue weighted by Crippen LogP contribution is 2.29. The van der Waals surface area contributed by atoms with Crippen molar-refractivity contribution in [3.8, 4) is 0 Å². The third-order valence-corrected chi connectivity index (χ3v) is 7.05. The summed E-state index contributed by atoms with van der Waals surface area (Å²) in [6, 6.07) is 15.9. The number of ether oxygens (including phenoxy) is 1. The Hall–Kier alpha value is -3.23. The molecule has 3 amide bonds. The molecule has 0 aromatic heterocycles. The highest BCUT2D eigenvalue weighted by Gasteiger charge is 2.31. The third kappa shape index (κ3) is 8.39. The van der Waals surface area contributed by atoms with Gasteiger partial charge in [0.15, 0.2) is 0 Å². The Bertz CT molecular complexity index is 1060. The van der Waals surface area contributed by atoms with Gasteiger partial charge in [0, 0.05) is 6.61 Å². The average Bonchev–Trinajstić information content (AvgIpc) is 2.93. The molecular formula is C30H42N4O4. The van der Waals surface area contributed by atoms with E-state index in [2.05, 4.69) is 33.4 Å². The van der Waals surface area contributed by atoms with Gasteiger partial charge in [0.25, 0.3) is 0 Å². The van der Waals surface area contributed by atoms with Gasteiger partial charge in [0.05, 0.1) is 18.7 Å². The number of hydrogen-bond acceptors (Lipinski definition) is 5. The summed E-state index contributed by atoms with van der Waals surface area (Å²) in [5, 5.41) is 11.8. The molecule has 1 aliphatic rings. The molecule has 4 N–H and O–H groups in total. The predicted octanol–water partition coefficient (Wildman–Crippen LogP) is 3.02. The van der Waals surface area contributed by atoms with E-state index in [1.54, 1.807) is 14.0 Å². The molecule has 0 aliphatic heterocycles. The maximum Gasteiger partial charge on any atom is 0.243 e. The number of fused-ring (bicyclic) bond motifs is 1. The van der Waals surface area contributed by atoms with Crippen LogP contribution in [0.2, 0.25) is 0 Å². The second-order valence-corrected chi connectivity index (χ2v) is 10.3. The minimum Gasteiger partial charge on any atom is -0.377 e. The summed E-state index contributed by atoms with van der Waals surface area (Å²) in [7, 11) is 1.69. The van der Waals surface area contributed by atoms with Gasteiger partial charge in [-0.25, -0.2) is 0 Å². The Morgan fingerprint density at radius 1 is 0.921 bits per heavy atom. The van der Waals surface area contributed by atoms with Crippen molar-refractivity contribution in [2.45, 2.75) is 77.2 Å². The number of rotatable bonds is 13. The molecule has 0 bridgehead atoms. The second-order valence-electron chi connectivity index (χ2n) is 10.3. The number of likely N-dealkylation sites (N-methyl/N-ethyl adjacent to an activating group) is 1. The molecule has 8 nitrogen and oxygen atoms in total. The van der Waals surface area contributed by atoms with Gasteiger partial charge in [-0.2, -0.15) is 0 Å². The van der Waals surface area contributed by atoms with E-state index in [1.165, 1.54) is 5.56 Å². The Balaban J connectivity index is 1.69. The Morgan fingerprint density at radius 3 is 2.34 bits per heavy atom. The quantitative estimate of drug-likeness (QED) is 0.303. The van der Waals surface area contributed by atoms with Crippen molar-refractivity contribution >= 4 is 17.7 Å². The molecule has 0 saturated carbocycles. The fourth-order valence-corrected chi connectivity index (χ4v) is 4.62. The second kappa shape index (κ2) is 14.6. The summed E-state index contributed by atoms with van der Waals surface area (Å²) in [6.07, 6.45) is 3.14. The summed E-state index contributed by atoms with van der Waals surface area (Å²) in [4.78, 5) is 39.3. The van der Waals surface area contributed by atoms with Crippen molar-refractivity contribution < 1.29 is 19.1 Å².